The first kappa shape index (κ1) is 13.3. The van der Waals surface area contributed by atoms with Crippen LogP contribution in [0.5, 0.6) is 0 Å². The minimum Gasteiger partial charge on any atom is -0.342 e. The molecule has 0 saturated heterocycles. The van der Waals surface area contributed by atoms with Gasteiger partial charge in [-0.3, -0.25) is 4.79 Å². The quantitative estimate of drug-likeness (QED) is 0.917. The molecule has 1 amide bonds. The van der Waals surface area contributed by atoms with Crippen molar-refractivity contribution in [1.29, 1.82) is 0 Å². The molecule has 2 rings (SSSR count). The molecule has 1 unspecified atom stereocenters. The van der Waals surface area contributed by atoms with Gasteiger partial charge in [-0.15, -0.1) is 0 Å². The van der Waals surface area contributed by atoms with Crippen molar-refractivity contribution in [3.05, 3.63) is 53.9 Å². The number of carbonyl (C=O) groups is 1. The fraction of sp³-hybridized carbons (Fsp3) is 0.286. The third-order valence-corrected chi connectivity index (χ3v) is 2.95. The van der Waals surface area contributed by atoms with Gasteiger partial charge in [0, 0.05) is 25.9 Å². The van der Waals surface area contributed by atoms with Crippen LogP contribution in [0, 0.1) is 5.82 Å². The Labute approximate surface area is 111 Å². The highest BCUT2D eigenvalue weighted by Gasteiger charge is 2.19. The van der Waals surface area contributed by atoms with E-state index in [0.29, 0.717) is 12.2 Å². The molecule has 0 fully saturated rings. The minimum atomic E-state index is -0.368. The van der Waals surface area contributed by atoms with E-state index in [1.165, 1.54) is 12.1 Å². The molecule has 0 bridgehead atoms. The number of halogens is 1. The number of hydrogen-bond acceptors (Lipinski definition) is 2. The molecule has 1 atom stereocenters. The summed E-state index contributed by atoms with van der Waals surface area (Å²) in [7, 11) is 1.86. The van der Waals surface area contributed by atoms with E-state index in [1.54, 1.807) is 25.3 Å². The molecule has 0 spiro atoms. The van der Waals surface area contributed by atoms with Crippen LogP contribution in [0.3, 0.4) is 0 Å². The zero-order chi connectivity index (χ0) is 13.8. The van der Waals surface area contributed by atoms with Crippen molar-refractivity contribution in [2.45, 2.75) is 19.4 Å². The number of nitrogens with zero attached hydrogens (tertiary/aromatic N) is 2. The van der Waals surface area contributed by atoms with Gasteiger partial charge in [0.05, 0.1) is 0 Å². The highest BCUT2D eigenvalue weighted by molar-refractivity contribution is 5.76. The second kappa shape index (κ2) is 5.65. The van der Waals surface area contributed by atoms with Crippen molar-refractivity contribution in [3.8, 4) is 0 Å². The molecule has 5 heteroatoms. The summed E-state index contributed by atoms with van der Waals surface area (Å²) in [5.41, 5.74) is 0.803. The van der Waals surface area contributed by atoms with Gasteiger partial charge < -0.3 is 9.88 Å². The smallest absolute Gasteiger partial charge is 0.220 e. The topological polar surface area (TPSA) is 46.9 Å². The van der Waals surface area contributed by atoms with E-state index in [0.717, 1.165) is 5.56 Å². The number of aromatic nitrogens is 2. The summed E-state index contributed by atoms with van der Waals surface area (Å²) >= 11 is 0. The van der Waals surface area contributed by atoms with Crippen LogP contribution in [0.2, 0.25) is 0 Å². The Kier molecular flexibility index (Phi) is 3.94. The zero-order valence-electron chi connectivity index (χ0n) is 10.9. The monoisotopic (exact) mass is 261 g/mol. The second-order valence-electron chi connectivity index (χ2n) is 4.30. The predicted octanol–water partition coefficient (Wildman–Crippen LogP) is 2.17. The van der Waals surface area contributed by atoms with Crippen LogP contribution >= 0.6 is 0 Å². The number of rotatable bonds is 4. The van der Waals surface area contributed by atoms with E-state index in [4.69, 9.17) is 0 Å². The summed E-state index contributed by atoms with van der Waals surface area (Å²) in [5.74, 6) is 0.342. The van der Waals surface area contributed by atoms with Gasteiger partial charge in [-0.05, 0) is 17.7 Å². The summed E-state index contributed by atoms with van der Waals surface area (Å²) in [4.78, 5) is 15.9. The van der Waals surface area contributed by atoms with E-state index in [-0.39, 0.29) is 17.8 Å². The van der Waals surface area contributed by atoms with Crippen LogP contribution in [-0.4, -0.2) is 15.5 Å². The van der Waals surface area contributed by atoms with Gasteiger partial charge in [0.25, 0.3) is 0 Å². The lowest BCUT2D eigenvalue weighted by Gasteiger charge is -2.18. The second-order valence-corrected chi connectivity index (χ2v) is 4.30. The van der Waals surface area contributed by atoms with Crippen molar-refractivity contribution in [1.82, 2.24) is 14.9 Å². The van der Waals surface area contributed by atoms with Crippen LogP contribution in [0.4, 0.5) is 4.39 Å². The maximum absolute atomic E-state index is 13.0. The normalized spacial score (nSPS) is 12.2. The number of imidazole rings is 1. The summed E-state index contributed by atoms with van der Waals surface area (Å²) in [6.07, 6.45) is 3.87. The lowest BCUT2D eigenvalue weighted by Crippen LogP contribution is -2.30. The Morgan fingerprint density at radius 3 is 2.63 bits per heavy atom. The van der Waals surface area contributed by atoms with E-state index < -0.39 is 0 Å². The summed E-state index contributed by atoms with van der Waals surface area (Å²) in [6.45, 7) is 1.79. The van der Waals surface area contributed by atoms with Crippen molar-refractivity contribution in [3.63, 3.8) is 0 Å². The standard InChI is InChI=1S/C14H16FN3O/c1-3-12(19)17-13(14-16-8-9-18(14)2)10-4-6-11(15)7-5-10/h4-9,13H,3H2,1-2H3,(H,17,19). The summed E-state index contributed by atoms with van der Waals surface area (Å²) < 4.78 is 14.8. The molecule has 100 valence electrons. The van der Waals surface area contributed by atoms with E-state index >= 15 is 0 Å². The summed E-state index contributed by atoms with van der Waals surface area (Å²) in [6, 6.07) is 5.70. The first-order chi connectivity index (χ1) is 9.11. The zero-order valence-corrected chi connectivity index (χ0v) is 10.9. The van der Waals surface area contributed by atoms with E-state index in [1.807, 2.05) is 17.8 Å². The van der Waals surface area contributed by atoms with Crippen LogP contribution in [0.15, 0.2) is 36.7 Å². The van der Waals surface area contributed by atoms with Crippen molar-refractivity contribution < 1.29 is 9.18 Å². The number of aryl methyl sites for hydroxylation is 1. The molecule has 2 aromatic rings. The Morgan fingerprint density at radius 2 is 2.11 bits per heavy atom. The molecule has 1 aromatic heterocycles. The number of benzene rings is 1. The molecule has 0 aliphatic rings. The van der Waals surface area contributed by atoms with Gasteiger partial charge >= 0.3 is 0 Å². The van der Waals surface area contributed by atoms with Gasteiger partial charge in [0.1, 0.15) is 17.7 Å². The first-order valence-electron chi connectivity index (χ1n) is 6.14. The molecular formula is C14H16FN3O. The van der Waals surface area contributed by atoms with Crippen LogP contribution in [0.1, 0.15) is 30.8 Å². The third-order valence-electron chi connectivity index (χ3n) is 2.95. The Hall–Kier alpha value is -2.17. The highest BCUT2D eigenvalue weighted by atomic mass is 19.1. The molecule has 0 radical (unpaired) electrons. The Morgan fingerprint density at radius 1 is 1.42 bits per heavy atom. The largest absolute Gasteiger partial charge is 0.342 e. The molecule has 0 aliphatic carbocycles. The van der Waals surface area contributed by atoms with Gasteiger partial charge in [-0.2, -0.15) is 0 Å². The number of nitrogens with one attached hydrogen (secondary N) is 1. The van der Waals surface area contributed by atoms with Crippen molar-refractivity contribution >= 4 is 5.91 Å². The lowest BCUT2D eigenvalue weighted by molar-refractivity contribution is -0.121. The molecule has 0 saturated carbocycles. The molecule has 1 N–H and O–H groups in total. The predicted molar refractivity (Wildman–Crippen MR) is 69.9 cm³/mol. The number of amides is 1. The minimum absolute atomic E-state index is 0.0719. The van der Waals surface area contributed by atoms with Crippen LogP contribution < -0.4 is 5.32 Å². The SMILES string of the molecule is CCC(=O)NC(c1ccc(F)cc1)c1nccn1C. The van der Waals surface area contributed by atoms with Crippen LogP contribution in [0.25, 0.3) is 0 Å². The number of carbonyl (C=O) groups excluding carboxylic acids is 1. The van der Waals surface area contributed by atoms with Crippen molar-refractivity contribution in [2.75, 3.05) is 0 Å². The van der Waals surface area contributed by atoms with Crippen LogP contribution in [-0.2, 0) is 11.8 Å². The fourth-order valence-corrected chi connectivity index (χ4v) is 1.87. The number of hydrogen-bond donors (Lipinski definition) is 1. The van der Waals surface area contributed by atoms with Crippen molar-refractivity contribution in [2.24, 2.45) is 7.05 Å². The lowest BCUT2D eigenvalue weighted by atomic mass is 10.1. The molecule has 1 aromatic carbocycles. The average molecular weight is 261 g/mol. The molecule has 19 heavy (non-hydrogen) atoms. The van der Waals surface area contributed by atoms with Gasteiger partial charge in [0.15, 0.2) is 0 Å². The van der Waals surface area contributed by atoms with Gasteiger partial charge in [-0.25, -0.2) is 9.37 Å². The molecule has 1 heterocycles. The third kappa shape index (κ3) is 2.99. The summed E-state index contributed by atoms with van der Waals surface area (Å²) in [5, 5.41) is 2.90. The highest BCUT2D eigenvalue weighted by Crippen LogP contribution is 2.20. The first-order valence-corrected chi connectivity index (χ1v) is 6.14. The van der Waals surface area contributed by atoms with Gasteiger partial charge in [0.2, 0.25) is 5.91 Å². The fourth-order valence-electron chi connectivity index (χ4n) is 1.87. The Balaban J connectivity index is 2.37. The van der Waals surface area contributed by atoms with Gasteiger partial charge in [-0.1, -0.05) is 19.1 Å². The van der Waals surface area contributed by atoms with E-state index in [9.17, 15) is 9.18 Å². The molecule has 0 aliphatic heterocycles. The molecule has 4 nitrogen and oxygen atoms in total. The average Bonchev–Trinajstić information content (AvgIpc) is 2.83. The van der Waals surface area contributed by atoms with E-state index in [2.05, 4.69) is 10.3 Å². The maximum atomic E-state index is 13.0. The molecular weight excluding hydrogens is 245 g/mol. The Bertz CT molecular complexity index is 562. The maximum Gasteiger partial charge on any atom is 0.220 e.